The third kappa shape index (κ3) is 4.26. The molecular weight excluding hydrogens is 324 g/mol. The monoisotopic (exact) mass is 344 g/mol. The number of benzene rings is 2. The van der Waals surface area contributed by atoms with Crippen LogP contribution in [0.5, 0.6) is 11.5 Å². The van der Waals surface area contributed by atoms with Crippen LogP contribution in [0.25, 0.3) is 0 Å². The van der Waals surface area contributed by atoms with Crippen molar-refractivity contribution >= 4 is 11.6 Å². The van der Waals surface area contributed by atoms with Crippen molar-refractivity contribution in [2.45, 2.75) is 20.4 Å². The Balaban J connectivity index is 2.32. The molecule has 0 fully saturated rings. The van der Waals surface area contributed by atoms with E-state index in [0.29, 0.717) is 6.61 Å². The topological polar surface area (TPSA) is 90.7 Å². The number of hydrogen-bond donors (Lipinski definition) is 1. The van der Waals surface area contributed by atoms with Gasteiger partial charge in [-0.2, -0.15) is 0 Å². The number of carbonyl (C=O) groups is 1. The van der Waals surface area contributed by atoms with E-state index in [0.717, 1.165) is 11.1 Å². The van der Waals surface area contributed by atoms with Crippen LogP contribution in [0.4, 0.5) is 5.69 Å². The molecule has 0 radical (unpaired) electrons. The minimum absolute atomic E-state index is 0.0668. The molecule has 132 valence electrons. The molecule has 2 rings (SSSR count). The predicted octanol–water partition coefficient (Wildman–Crippen LogP) is 3.24. The fourth-order valence-corrected chi connectivity index (χ4v) is 2.39. The molecule has 0 aromatic heterocycles. The minimum atomic E-state index is -0.610. The van der Waals surface area contributed by atoms with Gasteiger partial charge in [0.2, 0.25) is 0 Å². The van der Waals surface area contributed by atoms with E-state index in [1.165, 1.54) is 19.2 Å². The van der Waals surface area contributed by atoms with Crippen molar-refractivity contribution in [3.05, 3.63) is 63.2 Å². The zero-order valence-corrected chi connectivity index (χ0v) is 14.4. The quantitative estimate of drug-likeness (QED) is 0.615. The first kappa shape index (κ1) is 18.3. The number of aryl methyl sites for hydroxylation is 1. The molecule has 2 aromatic rings. The van der Waals surface area contributed by atoms with E-state index in [4.69, 9.17) is 9.47 Å². The molecule has 2 aromatic carbocycles. The Morgan fingerprint density at radius 2 is 1.96 bits per heavy atom. The Morgan fingerprint density at radius 1 is 1.24 bits per heavy atom. The van der Waals surface area contributed by atoms with Crippen molar-refractivity contribution in [2.24, 2.45) is 0 Å². The number of nitrogens with one attached hydrogen (secondary N) is 1. The average molecular weight is 344 g/mol. The number of methoxy groups -OCH3 is 1. The lowest BCUT2D eigenvalue weighted by Crippen LogP contribution is -2.24. The van der Waals surface area contributed by atoms with E-state index in [9.17, 15) is 14.9 Å². The summed E-state index contributed by atoms with van der Waals surface area (Å²) in [4.78, 5) is 23.2. The maximum absolute atomic E-state index is 12.5. The molecule has 25 heavy (non-hydrogen) atoms. The minimum Gasteiger partial charge on any atom is -0.493 e. The summed E-state index contributed by atoms with van der Waals surface area (Å²) in [5, 5.41) is 14.0. The summed E-state index contributed by atoms with van der Waals surface area (Å²) in [6.07, 6.45) is 0. The van der Waals surface area contributed by atoms with Gasteiger partial charge in [0.25, 0.3) is 11.6 Å². The lowest BCUT2D eigenvalue weighted by molar-refractivity contribution is -0.385. The SMILES string of the molecule is CCOc1cc(C(=O)NCc2ccccc2C)c([N+](=O)[O-])cc1OC. The molecular formula is C18H20N2O5. The third-order valence-electron chi connectivity index (χ3n) is 3.72. The molecule has 0 spiro atoms. The van der Waals surface area contributed by atoms with Crippen molar-refractivity contribution in [3.8, 4) is 11.5 Å². The zero-order chi connectivity index (χ0) is 18.4. The number of rotatable bonds is 7. The number of nitro groups is 1. The second-order valence-electron chi connectivity index (χ2n) is 5.32. The summed E-state index contributed by atoms with van der Waals surface area (Å²) in [6, 6.07) is 10.1. The second-order valence-corrected chi connectivity index (χ2v) is 5.32. The number of carbonyl (C=O) groups excluding carboxylic acids is 1. The van der Waals surface area contributed by atoms with Crippen molar-refractivity contribution in [2.75, 3.05) is 13.7 Å². The van der Waals surface area contributed by atoms with Gasteiger partial charge >= 0.3 is 0 Å². The smallest absolute Gasteiger partial charge is 0.286 e. The van der Waals surface area contributed by atoms with Gasteiger partial charge in [-0.1, -0.05) is 24.3 Å². The predicted molar refractivity (Wildman–Crippen MR) is 93.2 cm³/mol. The van der Waals surface area contributed by atoms with Crippen molar-refractivity contribution in [3.63, 3.8) is 0 Å². The molecule has 0 heterocycles. The Morgan fingerprint density at radius 3 is 2.56 bits per heavy atom. The molecule has 1 amide bonds. The average Bonchev–Trinajstić information content (AvgIpc) is 2.60. The van der Waals surface area contributed by atoms with Crippen LogP contribution in [0.3, 0.4) is 0 Å². The lowest BCUT2D eigenvalue weighted by atomic mass is 10.1. The Hall–Kier alpha value is -3.09. The summed E-state index contributed by atoms with van der Waals surface area (Å²) in [7, 11) is 1.39. The van der Waals surface area contributed by atoms with Gasteiger partial charge in [0, 0.05) is 12.6 Å². The second kappa shape index (κ2) is 8.14. The van der Waals surface area contributed by atoms with E-state index in [1.807, 2.05) is 31.2 Å². The van der Waals surface area contributed by atoms with Crippen LogP contribution in [-0.2, 0) is 6.54 Å². The summed E-state index contributed by atoms with van der Waals surface area (Å²) in [5.74, 6) is -0.0424. The van der Waals surface area contributed by atoms with Gasteiger partial charge in [0.15, 0.2) is 11.5 Å². The van der Waals surface area contributed by atoms with Crippen LogP contribution in [0, 0.1) is 17.0 Å². The molecule has 0 unspecified atom stereocenters. The van der Waals surface area contributed by atoms with E-state index in [-0.39, 0.29) is 29.3 Å². The molecule has 7 heteroatoms. The molecule has 0 bridgehead atoms. The van der Waals surface area contributed by atoms with Crippen LogP contribution in [0.2, 0.25) is 0 Å². The van der Waals surface area contributed by atoms with Gasteiger partial charge in [-0.25, -0.2) is 0 Å². The van der Waals surface area contributed by atoms with Gasteiger partial charge in [-0.15, -0.1) is 0 Å². The summed E-state index contributed by atoms with van der Waals surface area (Å²) in [6.45, 7) is 4.33. The number of hydrogen-bond acceptors (Lipinski definition) is 5. The fourth-order valence-electron chi connectivity index (χ4n) is 2.39. The van der Waals surface area contributed by atoms with Crippen LogP contribution >= 0.6 is 0 Å². The molecule has 0 aliphatic heterocycles. The standard InChI is InChI=1S/C18H20N2O5/c1-4-25-17-9-14(15(20(22)23)10-16(17)24-3)18(21)19-11-13-8-6-5-7-12(13)2/h5-10H,4,11H2,1-3H3,(H,19,21). The molecule has 0 aliphatic carbocycles. The van der Waals surface area contributed by atoms with Crippen molar-refractivity contribution in [1.29, 1.82) is 0 Å². The van der Waals surface area contributed by atoms with Crippen LogP contribution in [0.15, 0.2) is 36.4 Å². The fraction of sp³-hybridized carbons (Fsp3) is 0.278. The van der Waals surface area contributed by atoms with Gasteiger partial charge in [0.05, 0.1) is 24.7 Å². The van der Waals surface area contributed by atoms with E-state index >= 15 is 0 Å². The maximum Gasteiger partial charge on any atom is 0.286 e. The number of nitrogens with zero attached hydrogens (tertiary/aromatic N) is 1. The highest BCUT2D eigenvalue weighted by Gasteiger charge is 2.24. The molecule has 0 atom stereocenters. The molecule has 0 saturated heterocycles. The van der Waals surface area contributed by atoms with Crippen molar-refractivity contribution < 1.29 is 19.2 Å². The summed E-state index contributed by atoms with van der Waals surface area (Å²) < 4.78 is 10.5. The van der Waals surface area contributed by atoms with E-state index < -0.39 is 10.8 Å². The highest BCUT2D eigenvalue weighted by Crippen LogP contribution is 2.34. The normalized spacial score (nSPS) is 10.2. The lowest BCUT2D eigenvalue weighted by Gasteiger charge is -2.12. The summed E-state index contributed by atoms with van der Waals surface area (Å²) in [5.41, 5.74) is 1.57. The van der Waals surface area contributed by atoms with Crippen LogP contribution in [0.1, 0.15) is 28.4 Å². The summed E-state index contributed by atoms with van der Waals surface area (Å²) >= 11 is 0. The highest BCUT2D eigenvalue weighted by atomic mass is 16.6. The Bertz CT molecular complexity index is 789. The van der Waals surface area contributed by atoms with Gasteiger partial charge in [0.1, 0.15) is 5.56 Å². The van der Waals surface area contributed by atoms with E-state index in [1.54, 1.807) is 6.92 Å². The third-order valence-corrected chi connectivity index (χ3v) is 3.72. The van der Waals surface area contributed by atoms with Gasteiger partial charge < -0.3 is 14.8 Å². The Kier molecular flexibility index (Phi) is 5.94. The molecule has 1 N–H and O–H groups in total. The first-order valence-corrected chi connectivity index (χ1v) is 7.79. The molecule has 7 nitrogen and oxygen atoms in total. The maximum atomic E-state index is 12.5. The first-order chi connectivity index (χ1) is 12.0. The molecule has 0 saturated carbocycles. The van der Waals surface area contributed by atoms with Gasteiger partial charge in [-0.3, -0.25) is 14.9 Å². The van der Waals surface area contributed by atoms with Gasteiger partial charge in [-0.05, 0) is 25.0 Å². The zero-order valence-electron chi connectivity index (χ0n) is 14.4. The number of amides is 1. The largest absolute Gasteiger partial charge is 0.493 e. The molecule has 0 aliphatic rings. The van der Waals surface area contributed by atoms with Crippen LogP contribution < -0.4 is 14.8 Å². The Labute approximate surface area is 145 Å². The van der Waals surface area contributed by atoms with Crippen LogP contribution in [-0.4, -0.2) is 24.5 Å². The highest BCUT2D eigenvalue weighted by molar-refractivity contribution is 5.99. The van der Waals surface area contributed by atoms with Crippen molar-refractivity contribution in [1.82, 2.24) is 5.32 Å². The van der Waals surface area contributed by atoms with E-state index in [2.05, 4.69) is 5.32 Å². The number of ether oxygens (including phenoxy) is 2. The number of nitro benzene ring substituents is 1. The first-order valence-electron chi connectivity index (χ1n) is 7.79.